The van der Waals surface area contributed by atoms with Crippen molar-refractivity contribution in [3.63, 3.8) is 0 Å². The Bertz CT molecular complexity index is 284. The van der Waals surface area contributed by atoms with E-state index in [1.165, 1.54) is 90.0 Å². The molecule has 0 atom stereocenters. The van der Waals surface area contributed by atoms with Gasteiger partial charge < -0.3 is 14.4 Å². The van der Waals surface area contributed by atoms with Crippen molar-refractivity contribution in [3.05, 3.63) is 0 Å². The van der Waals surface area contributed by atoms with E-state index < -0.39 is 5.97 Å². The fraction of sp³-hybridized carbons (Fsp3) is 0.957. The van der Waals surface area contributed by atoms with Crippen LogP contribution in [0.4, 0.5) is 0 Å². The molecule has 3 heteroatoms. The summed E-state index contributed by atoms with van der Waals surface area (Å²) in [4.78, 5) is 10.2. The van der Waals surface area contributed by atoms with Gasteiger partial charge in [-0.3, -0.25) is 0 Å². The fourth-order valence-electron chi connectivity index (χ4n) is 2.64. The van der Waals surface area contributed by atoms with Crippen LogP contribution in [0.5, 0.6) is 0 Å². The number of hydrogen-bond donors (Lipinski definition) is 0. The Labute approximate surface area is 165 Å². The number of rotatable bonds is 17. The average molecular weight is 372 g/mol. The lowest BCUT2D eigenvalue weighted by Gasteiger charge is -2.20. The van der Waals surface area contributed by atoms with Crippen LogP contribution in [0.2, 0.25) is 0 Å². The van der Waals surface area contributed by atoms with Crippen LogP contribution in [0.25, 0.3) is 0 Å². The first-order chi connectivity index (χ1) is 12.3. The van der Waals surface area contributed by atoms with Crippen molar-refractivity contribution >= 4 is 5.97 Å². The molecule has 0 aliphatic carbocycles. The Morgan fingerprint density at radius 1 is 0.615 bits per heavy atom. The summed E-state index contributed by atoms with van der Waals surface area (Å²) >= 11 is 0. The smallest absolute Gasteiger partial charge is 0.0751 e. The van der Waals surface area contributed by atoms with Crippen LogP contribution in [0, 0.1) is 0 Å². The standard InChI is InChI=1S/C18H36O2.C5H14N/c1-2-3-4-5-6-7-8-9-10-11-12-13-14-15-16-17-18(19)20;1-5-6(2,3)4/h2-17H2,1H3,(H,19,20);5H2,1-4H3/q;+1/p-1. The van der Waals surface area contributed by atoms with E-state index in [0.29, 0.717) is 0 Å². The molecule has 0 rings (SSSR count). The number of carboxylic acid groups (broad SMARTS) is 1. The zero-order valence-corrected chi connectivity index (χ0v) is 18.8. The Kier molecular flexibility index (Phi) is 22.1. The highest BCUT2D eigenvalue weighted by Crippen LogP contribution is 2.13. The molecule has 0 aromatic rings. The van der Waals surface area contributed by atoms with Crippen LogP contribution in [-0.2, 0) is 4.79 Å². The number of carbonyl (C=O) groups is 1. The quantitative estimate of drug-likeness (QED) is 0.243. The van der Waals surface area contributed by atoms with E-state index in [4.69, 9.17) is 0 Å². The van der Waals surface area contributed by atoms with Crippen LogP contribution in [0.1, 0.15) is 117 Å². The molecule has 0 saturated heterocycles. The lowest BCUT2D eigenvalue weighted by molar-refractivity contribution is -0.868. The van der Waals surface area contributed by atoms with E-state index in [0.717, 1.165) is 17.3 Å². The predicted octanol–water partition coefficient (Wildman–Crippen LogP) is 5.71. The first-order valence-corrected chi connectivity index (χ1v) is 11.3. The van der Waals surface area contributed by atoms with Gasteiger partial charge in [-0.2, -0.15) is 0 Å². The maximum atomic E-state index is 10.2. The van der Waals surface area contributed by atoms with Gasteiger partial charge in [0.25, 0.3) is 0 Å². The molecule has 0 saturated carbocycles. The molecule has 0 N–H and O–H groups in total. The minimum Gasteiger partial charge on any atom is -0.550 e. The molecule has 0 aromatic carbocycles. The second-order valence-electron chi connectivity index (χ2n) is 8.68. The first-order valence-electron chi connectivity index (χ1n) is 11.3. The SMILES string of the molecule is CCCCCCCCCCCCCCCCCC(=O)[O-].CC[N+](C)(C)C. The van der Waals surface area contributed by atoms with E-state index in [2.05, 4.69) is 35.0 Å². The lowest BCUT2D eigenvalue weighted by atomic mass is 10.0. The van der Waals surface area contributed by atoms with Crippen LogP contribution >= 0.6 is 0 Å². The Balaban J connectivity index is 0. The molecule has 0 spiro atoms. The Hall–Kier alpha value is -0.570. The van der Waals surface area contributed by atoms with Crippen molar-refractivity contribution in [2.75, 3.05) is 27.7 Å². The van der Waals surface area contributed by atoms with Gasteiger partial charge in [-0.05, 0) is 19.8 Å². The summed E-state index contributed by atoms with van der Waals surface area (Å²) in [6.07, 6.45) is 19.9. The average Bonchev–Trinajstić information content (AvgIpc) is 2.58. The molecule has 0 bridgehead atoms. The molecule has 0 radical (unpaired) electrons. The molecule has 158 valence electrons. The molecular formula is C23H49NO2. The number of unbranched alkanes of at least 4 members (excludes halogenated alkanes) is 14. The minimum absolute atomic E-state index is 0.234. The van der Waals surface area contributed by atoms with E-state index in [1.807, 2.05) is 0 Å². The van der Waals surface area contributed by atoms with Crippen LogP contribution in [0.15, 0.2) is 0 Å². The highest BCUT2D eigenvalue weighted by Gasteiger charge is 1.97. The van der Waals surface area contributed by atoms with Gasteiger partial charge in [0.05, 0.1) is 27.7 Å². The van der Waals surface area contributed by atoms with Gasteiger partial charge in [0.2, 0.25) is 0 Å². The van der Waals surface area contributed by atoms with E-state index in [-0.39, 0.29) is 6.42 Å². The van der Waals surface area contributed by atoms with E-state index in [9.17, 15) is 9.90 Å². The second kappa shape index (κ2) is 20.7. The van der Waals surface area contributed by atoms with E-state index in [1.54, 1.807) is 0 Å². The van der Waals surface area contributed by atoms with Crippen LogP contribution < -0.4 is 5.11 Å². The number of hydrogen-bond acceptors (Lipinski definition) is 2. The highest BCUT2D eigenvalue weighted by atomic mass is 16.4. The molecule has 0 amide bonds. The molecule has 26 heavy (non-hydrogen) atoms. The van der Waals surface area contributed by atoms with Gasteiger partial charge in [-0.15, -0.1) is 0 Å². The molecule has 0 unspecified atom stereocenters. The number of carboxylic acids is 1. The summed E-state index contributed by atoms with van der Waals surface area (Å²) in [7, 11) is 6.54. The molecule has 0 aliphatic heterocycles. The third-order valence-electron chi connectivity index (χ3n) is 4.93. The first kappa shape index (κ1) is 27.6. The molecule has 0 fully saturated rings. The third kappa shape index (κ3) is 31.2. The van der Waals surface area contributed by atoms with Crippen LogP contribution in [-0.4, -0.2) is 38.1 Å². The fourth-order valence-corrected chi connectivity index (χ4v) is 2.64. The van der Waals surface area contributed by atoms with Crippen molar-refractivity contribution < 1.29 is 14.4 Å². The lowest BCUT2D eigenvalue weighted by Crippen LogP contribution is -2.33. The largest absolute Gasteiger partial charge is 0.550 e. The molecule has 0 aromatic heterocycles. The molecule has 0 heterocycles. The zero-order valence-electron chi connectivity index (χ0n) is 18.8. The number of nitrogens with zero attached hydrogens (tertiary/aromatic N) is 1. The summed E-state index contributed by atoms with van der Waals surface area (Å²) in [6.45, 7) is 5.66. The zero-order chi connectivity index (χ0) is 20.1. The van der Waals surface area contributed by atoms with Crippen molar-refractivity contribution in [2.24, 2.45) is 0 Å². The highest BCUT2D eigenvalue weighted by molar-refractivity contribution is 5.63. The van der Waals surface area contributed by atoms with Gasteiger partial charge in [-0.25, -0.2) is 0 Å². The summed E-state index contributed by atoms with van der Waals surface area (Å²) < 4.78 is 1.07. The topological polar surface area (TPSA) is 40.1 Å². The normalized spacial score (nSPS) is 11.1. The summed E-state index contributed by atoms with van der Waals surface area (Å²) in [5.74, 6) is -0.903. The Morgan fingerprint density at radius 3 is 1.12 bits per heavy atom. The number of quaternary nitrogens is 1. The van der Waals surface area contributed by atoms with Crippen molar-refractivity contribution in [1.82, 2.24) is 0 Å². The second-order valence-corrected chi connectivity index (χ2v) is 8.68. The van der Waals surface area contributed by atoms with Gasteiger partial charge in [0.15, 0.2) is 0 Å². The summed E-state index contributed by atoms with van der Waals surface area (Å²) in [6, 6.07) is 0. The van der Waals surface area contributed by atoms with Crippen molar-refractivity contribution in [1.29, 1.82) is 0 Å². The van der Waals surface area contributed by atoms with Crippen molar-refractivity contribution in [2.45, 2.75) is 117 Å². The summed E-state index contributed by atoms with van der Waals surface area (Å²) in [5, 5.41) is 10.2. The van der Waals surface area contributed by atoms with Gasteiger partial charge in [0, 0.05) is 5.97 Å². The monoisotopic (exact) mass is 371 g/mol. The molecular weight excluding hydrogens is 322 g/mol. The maximum absolute atomic E-state index is 10.2. The van der Waals surface area contributed by atoms with Gasteiger partial charge in [-0.1, -0.05) is 96.8 Å². The maximum Gasteiger partial charge on any atom is 0.0751 e. The number of aliphatic carboxylic acids is 1. The Morgan fingerprint density at radius 2 is 0.885 bits per heavy atom. The van der Waals surface area contributed by atoms with Gasteiger partial charge >= 0.3 is 0 Å². The third-order valence-corrected chi connectivity index (χ3v) is 4.93. The van der Waals surface area contributed by atoms with Gasteiger partial charge in [0.1, 0.15) is 0 Å². The van der Waals surface area contributed by atoms with Crippen LogP contribution in [0.3, 0.4) is 0 Å². The van der Waals surface area contributed by atoms with Crippen molar-refractivity contribution in [3.8, 4) is 0 Å². The molecule has 3 nitrogen and oxygen atoms in total. The van der Waals surface area contributed by atoms with E-state index >= 15 is 0 Å². The minimum atomic E-state index is -0.903. The molecule has 0 aliphatic rings. The number of carbonyl (C=O) groups excluding carboxylic acids is 1. The summed E-state index contributed by atoms with van der Waals surface area (Å²) in [5.41, 5.74) is 0. The predicted molar refractivity (Wildman–Crippen MR) is 113 cm³/mol.